The van der Waals surface area contributed by atoms with Crippen LogP contribution in [0.1, 0.15) is 45.2 Å². The first kappa shape index (κ1) is 22.0. The van der Waals surface area contributed by atoms with Crippen LogP contribution in [0.5, 0.6) is 0 Å². The van der Waals surface area contributed by atoms with Gasteiger partial charge in [-0.2, -0.15) is 10.1 Å². The molecule has 2 N–H and O–H groups in total. The molecule has 3 aromatic rings. The van der Waals surface area contributed by atoms with Crippen LogP contribution < -0.4 is 15.5 Å². The SMILES string of the molecule is CC[C@H](C)N1C(=O)C(C)(C)c2cnc(Nc3ccc(CNCCn4cccn4)cc3)nc21. The summed E-state index contributed by atoms with van der Waals surface area (Å²) in [6.45, 7) is 10.5. The quantitative estimate of drug-likeness (QED) is 0.501. The van der Waals surface area contributed by atoms with E-state index in [2.05, 4.69) is 46.7 Å². The lowest BCUT2D eigenvalue weighted by molar-refractivity contribution is -0.122. The fourth-order valence-corrected chi connectivity index (χ4v) is 3.86. The van der Waals surface area contributed by atoms with E-state index in [9.17, 15) is 4.79 Å². The summed E-state index contributed by atoms with van der Waals surface area (Å²) in [6.07, 6.45) is 6.40. The van der Waals surface area contributed by atoms with E-state index < -0.39 is 5.41 Å². The molecule has 1 aromatic carbocycles. The predicted molar refractivity (Wildman–Crippen MR) is 126 cm³/mol. The molecule has 32 heavy (non-hydrogen) atoms. The minimum Gasteiger partial charge on any atom is -0.324 e. The summed E-state index contributed by atoms with van der Waals surface area (Å²) in [4.78, 5) is 24.0. The maximum Gasteiger partial charge on any atom is 0.238 e. The summed E-state index contributed by atoms with van der Waals surface area (Å²) in [6, 6.07) is 10.2. The van der Waals surface area contributed by atoms with E-state index >= 15 is 0 Å². The Labute approximate surface area is 189 Å². The molecular weight excluding hydrogens is 402 g/mol. The zero-order valence-corrected chi connectivity index (χ0v) is 19.2. The molecule has 8 nitrogen and oxygen atoms in total. The molecule has 1 atom stereocenters. The van der Waals surface area contributed by atoms with Crippen LogP contribution in [0.4, 0.5) is 17.5 Å². The van der Waals surface area contributed by atoms with E-state index in [0.717, 1.165) is 37.3 Å². The Hall–Kier alpha value is -3.26. The van der Waals surface area contributed by atoms with Crippen molar-refractivity contribution in [2.24, 2.45) is 0 Å². The molecule has 0 radical (unpaired) electrons. The van der Waals surface area contributed by atoms with Gasteiger partial charge in [-0.1, -0.05) is 19.1 Å². The lowest BCUT2D eigenvalue weighted by Gasteiger charge is -2.25. The number of amides is 1. The molecule has 0 saturated heterocycles. The highest BCUT2D eigenvalue weighted by Gasteiger charge is 2.46. The summed E-state index contributed by atoms with van der Waals surface area (Å²) in [5, 5.41) is 10.9. The molecule has 1 aliphatic rings. The van der Waals surface area contributed by atoms with Gasteiger partial charge in [0.1, 0.15) is 5.82 Å². The average Bonchev–Trinajstić information content (AvgIpc) is 3.37. The van der Waals surface area contributed by atoms with Crippen LogP contribution >= 0.6 is 0 Å². The normalized spacial score (nSPS) is 15.6. The number of carbonyl (C=O) groups is 1. The van der Waals surface area contributed by atoms with Gasteiger partial charge >= 0.3 is 0 Å². The van der Waals surface area contributed by atoms with Crippen LogP contribution in [0.2, 0.25) is 0 Å². The number of rotatable bonds is 9. The highest BCUT2D eigenvalue weighted by Crippen LogP contribution is 2.41. The molecule has 0 bridgehead atoms. The molecule has 0 fully saturated rings. The zero-order chi connectivity index (χ0) is 22.7. The first-order valence-corrected chi connectivity index (χ1v) is 11.2. The molecule has 3 heterocycles. The van der Waals surface area contributed by atoms with Crippen molar-refractivity contribution in [2.75, 3.05) is 16.8 Å². The number of anilines is 3. The van der Waals surface area contributed by atoms with Gasteiger partial charge in [0, 0.05) is 49.0 Å². The minimum absolute atomic E-state index is 0.0812. The molecule has 0 unspecified atom stereocenters. The number of aromatic nitrogens is 4. The molecule has 1 aliphatic heterocycles. The minimum atomic E-state index is -0.608. The predicted octanol–water partition coefficient (Wildman–Crippen LogP) is 3.63. The Morgan fingerprint density at radius 2 is 1.97 bits per heavy atom. The van der Waals surface area contributed by atoms with E-state index in [-0.39, 0.29) is 11.9 Å². The monoisotopic (exact) mass is 433 g/mol. The molecule has 1 amide bonds. The zero-order valence-electron chi connectivity index (χ0n) is 19.2. The Balaban J connectivity index is 1.40. The first-order chi connectivity index (χ1) is 15.4. The van der Waals surface area contributed by atoms with Gasteiger partial charge in [-0.3, -0.25) is 14.4 Å². The number of benzene rings is 1. The first-order valence-electron chi connectivity index (χ1n) is 11.2. The van der Waals surface area contributed by atoms with Crippen molar-refractivity contribution in [3.05, 3.63) is 60.0 Å². The van der Waals surface area contributed by atoms with Crippen LogP contribution in [0.3, 0.4) is 0 Å². The lowest BCUT2D eigenvalue weighted by Crippen LogP contribution is -2.41. The molecule has 0 saturated carbocycles. The van der Waals surface area contributed by atoms with Gasteiger partial charge in [0.2, 0.25) is 11.9 Å². The smallest absolute Gasteiger partial charge is 0.238 e. The summed E-state index contributed by atoms with van der Waals surface area (Å²) >= 11 is 0. The summed E-state index contributed by atoms with van der Waals surface area (Å²) in [7, 11) is 0. The molecule has 0 aliphatic carbocycles. The summed E-state index contributed by atoms with van der Waals surface area (Å²) < 4.78 is 1.91. The number of hydrogen-bond donors (Lipinski definition) is 2. The average molecular weight is 434 g/mol. The van der Waals surface area contributed by atoms with Crippen LogP contribution in [0.25, 0.3) is 0 Å². The maximum atomic E-state index is 13.0. The van der Waals surface area contributed by atoms with E-state index in [1.54, 1.807) is 12.4 Å². The largest absolute Gasteiger partial charge is 0.324 e. The highest BCUT2D eigenvalue weighted by molar-refractivity contribution is 6.07. The van der Waals surface area contributed by atoms with Crippen molar-refractivity contribution < 1.29 is 4.79 Å². The molecule has 8 heteroatoms. The van der Waals surface area contributed by atoms with Crippen molar-refractivity contribution in [3.8, 4) is 0 Å². The Morgan fingerprint density at radius 1 is 1.19 bits per heavy atom. The topological polar surface area (TPSA) is 88.0 Å². The van der Waals surface area contributed by atoms with E-state index in [0.29, 0.717) is 11.8 Å². The second kappa shape index (κ2) is 9.08. The number of nitrogens with one attached hydrogen (secondary N) is 2. The number of hydrogen-bond acceptors (Lipinski definition) is 6. The van der Waals surface area contributed by atoms with Crippen LogP contribution in [0, 0.1) is 0 Å². The molecule has 0 spiro atoms. The van der Waals surface area contributed by atoms with Gasteiger partial charge in [0.05, 0.1) is 12.0 Å². The third kappa shape index (κ3) is 4.36. The standard InChI is InChI=1S/C24H31N7O/c1-5-17(2)31-21-20(24(3,4)22(31)32)16-26-23(29-21)28-19-9-7-18(8-10-19)15-25-12-14-30-13-6-11-27-30/h6-11,13,16-17,25H,5,12,14-15H2,1-4H3,(H,26,28,29)/t17-/m0/s1. The molecular formula is C24H31N7O. The van der Waals surface area contributed by atoms with Gasteiger partial charge in [0.15, 0.2) is 0 Å². The van der Waals surface area contributed by atoms with Crippen molar-refractivity contribution in [1.29, 1.82) is 0 Å². The van der Waals surface area contributed by atoms with E-state index in [1.807, 2.05) is 47.8 Å². The third-order valence-corrected chi connectivity index (χ3v) is 6.07. The van der Waals surface area contributed by atoms with Crippen LogP contribution in [-0.2, 0) is 23.3 Å². The molecule has 168 valence electrons. The Bertz CT molecular complexity index is 1060. The van der Waals surface area contributed by atoms with E-state index in [4.69, 9.17) is 4.98 Å². The second-order valence-corrected chi connectivity index (χ2v) is 8.76. The van der Waals surface area contributed by atoms with Crippen LogP contribution in [-0.4, -0.2) is 38.2 Å². The van der Waals surface area contributed by atoms with Gasteiger partial charge in [-0.05, 0) is 51.0 Å². The molecule has 4 rings (SSSR count). The van der Waals surface area contributed by atoms with Crippen molar-refractivity contribution in [2.45, 2.75) is 58.7 Å². The Morgan fingerprint density at radius 3 is 2.66 bits per heavy atom. The summed E-state index contributed by atoms with van der Waals surface area (Å²) in [5.41, 5.74) is 2.37. The highest BCUT2D eigenvalue weighted by atomic mass is 16.2. The van der Waals surface area contributed by atoms with Crippen molar-refractivity contribution >= 4 is 23.4 Å². The van der Waals surface area contributed by atoms with Gasteiger partial charge in [-0.15, -0.1) is 0 Å². The number of nitrogens with zero attached hydrogens (tertiary/aromatic N) is 5. The number of fused-ring (bicyclic) bond motifs is 1. The van der Waals surface area contributed by atoms with Crippen molar-refractivity contribution in [1.82, 2.24) is 25.1 Å². The van der Waals surface area contributed by atoms with Crippen molar-refractivity contribution in [3.63, 3.8) is 0 Å². The summed E-state index contributed by atoms with van der Waals surface area (Å²) in [5.74, 6) is 1.29. The van der Waals surface area contributed by atoms with Gasteiger partial charge in [-0.25, -0.2) is 4.98 Å². The second-order valence-electron chi connectivity index (χ2n) is 8.76. The number of carbonyl (C=O) groups excluding carboxylic acids is 1. The fraction of sp³-hybridized carbons (Fsp3) is 0.417. The maximum absolute atomic E-state index is 13.0. The lowest BCUT2D eigenvalue weighted by atomic mass is 9.88. The van der Waals surface area contributed by atoms with E-state index in [1.165, 1.54) is 5.56 Å². The third-order valence-electron chi connectivity index (χ3n) is 6.07. The van der Waals surface area contributed by atoms with Gasteiger partial charge < -0.3 is 10.6 Å². The molecule has 2 aromatic heterocycles. The van der Waals surface area contributed by atoms with Gasteiger partial charge in [0.25, 0.3) is 0 Å². The van der Waals surface area contributed by atoms with Crippen LogP contribution in [0.15, 0.2) is 48.9 Å². The Kier molecular flexibility index (Phi) is 6.23. The fourth-order valence-electron chi connectivity index (χ4n) is 3.86.